The number of nitrogen functional groups attached to an aromatic ring is 1. The highest BCUT2D eigenvalue weighted by Crippen LogP contribution is 2.31. The van der Waals surface area contributed by atoms with E-state index in [0.29, 0.717) is 17.1 Å². The zero-order valence-electron chi connectivity index (χ0n) is 9.36. The molecule has 2 heterocycles. The van der Waals surface area contributed by atoms with Crippen molar-refractivity contribution in [1.29, 1.82) is 0 Å². The van der Waals surface area contributed by atoms with Gasteiger partial charge in [0.05, 0.1) is 11.1 Å². The largest absolute Gasteiger partial charge is 0.397 e. The van der Waals surface area contributed by atoms with Gasteiger partial charge in [-0.2, -0.15) is 0 Å². The van der Waals surface area contributed by atoms with Crippen molar-refractivity contribution < 1.29 is 4.79 Å². The Labute approximate surface area is 102 Å². The second kappa shape index (κ2) is 4.50. The molecule has 0 spiro atoms. The predicted octanol–water partition coefficient (Wildman–Crippen LogP) is 1.58. The number of hydrogen-bond acceptors (Lipinski definition) is 5. The summed E-state index contributed by atoms with van der Waals surface area (Å²) < 4.78 is 0. The molecule has 1 amide bonds. The van der Waals surface area contributed by atoms with Gasteiger partial charge in [0.15, 0.2) is 0 Å². The number of fused-ring (bicyclic) bond motifs is 1. The maximum atomic E-state index is 11.9. The van der Waals surface area contributed by atoms with Gasteiger partial charge < -0.3 is 11.1 Å². The van der Waals surface area contributed by atoms with E-state index >= 15 is 0 Å². The van der Waals surface area contributed by atoms with Crippen LogP contribution in [-0.4, -0.2) is 22.4 Å². The third-order valence-electron chi connectivity index (χ3n) is 2.17. The first-order valence-electron chi connectivity index (χ1n) is 5.00. The van der Waals surface area contributed by atoms with Crippen LogP contribution in [-0.2, 0) is 0 Å². The van der Waals surface area contributed by atoms with E-state index in [1.165, 1.54) is 17.7 Å². The fourth-order valence-electron chi connectivity index (χ4n) is 1.34. The summed E-state index contributed by atoms with van der Waals surface area (Å²) in [5.74, 6) is -0.200. The van der Waals surface area contributed by atoms with Crippen LogP contribution < -0.4 is 11.1 Å². The minimum Gasteiger partial charge on any atom is -0.397 e. The topological polar surface area (TPSA) is 80.9 Å². The second-order valence-corrected chi connectivity index (χ2v) is 4.73. The Morgan fingerprint density at radius 3 is 3.06 bits per heavy atom. The van der Waals surface area contributed by atoms with E-state index in [9.17, 15) is 4.79 Å². The zero-order chi connectivity index (χ0) is 12.4. The van der Waals surface area contributed by atoms with Crippen molar-refractivity contribution in [2.45, 2.75) is 6.92 Å². The molecule has 0 aliphatic heterocycles. The van der Waals surface area contributed by atoms with E-state index in [1.54, 1.807) is 6.20 Å². The van der Waals surface area contributed by atoms with Crippen LogP contribution in [0, 0.1) is 0 Å². The van der Waals surface area contributed by atoms with Crippen LogP contribution in [0.25, 0.3) is 10.2 Å². The van der Waals surface area contributed by atoms with Gasteiger partial charge in [-0.05, 0) is 6.92 Å². The molecule has 0 saturated heterocycles. The molecule has 0 unspecified atom stereocenters. The average molecular weight is 248 g/mol. The molecule has 0 fully saturated rings. The molecule has 3 N–H and O–H groups in total. The van der Waals surface area contributed by atoms with Gasteiger partial charge >= 0.3 is 0 Å². The molecular formula is C11H12N4OS. The number of aromatic nitrogens is 2. The van der Waals surface area contributed by atoms with Crippen LogP contribution in [0.15, 0.2) is 24.7 Å². The SMILES string of the molecule is C=C(C)CNC(=O)c1sc2ncncc2c1N. The highest BCUT2D eigenvalue weighted by atomic mass is 32.1. The molecule has 0 aliphatic carbocycles. The Morgan fingerprint density at radius 2 is 2.41 bits per heavy atom. The summed E-state index contributed by atoms with van der Waals surface area (Å²) in [5.41, 5.74) is 7.22. The van der Waals surface area contributed by atoms with Crippen molar-refractivity contribution in [3.05, 3.63) is 29.6 Å². The lowest BCUT2D eigenvalue weighted by molar-refractivity contribution is 0.0962. The van der Waals surface area contributed by atoms with Gasteiger partial charge in [-0.25, -0.2) is 9.97 Å². The Balaban J connectivity index is 2.32. The fourth-order valence-corrected chi connectivity index (χ4v) is 2.29. The summed E-state index contributed by atoms with van der Waals surface area (Å²) in [6, 6.07) is 0. The van der Waals surface area contributed by atoms with Gasteiger partial charge in [-0.3, -0.25) is 4.79 Å². The van der Waals surface area contributed by atoms with Crippen LogP contribution in [0.4, 0.5) is 5.69 Å². The third kappa shape index (κ3) is 2.26. The van der Waals surface area contributed by atoms with Crippen LogP contribution in [0.3, 0.4) is 0 Å². The van der Waals surface area contributed by atoms with E-state index in [4.69, 9.17) is 5.73 Å². The lowest BCUT2D eigenvalue weighted by Crippen LogP contribution is -2.24. The number of rotatable bonds is 3. The van der Waals surface area contributed by atoms with Gasteiger partial charge in [0.2, 0.25) is 0 Å². The van der Waals surface area contributed by atoms with E-state index < -0.39 is 0 Å². The van der Waals surface area contributed by atoms with E-state index in [-0.39, 0.29) is 5.91 Å². The quantitative estimate of drug-likeness (QED) is 0.808. The summed E-state index contributed by atoms with van der Waals surface area (Å²) in [5, 5.41) is 3.46. The summed E-state index contributed by atoms with van der Waals surface area (Å²) in [6.45, 7) is 6.01. The predicted molar refractivity (Wildman–Crippen MR) is 69.0 cm³/mol. The van der Waals surface area contributed by atoms with Gasteiger partial charge in [0.25, 0.3) is 5.91 Å². The van der Waals surface area contributed by atoms with Crippen LogP contribution >= 0.6 is 11.3 Å². The van der Waals surface area contributed by atoms with Crippen molar-refractivity contribution >= 4 is 33.1 Å². The van der Waals surface area contributed by atoms with Crippen molar-refractivity contribution in [1.82, 2.24) is 15.3 Å². The molecule has 17 heavy (non-hydrogen) atoms. The molecular weight excluding hydrogens is 236 g/mol. The van der Waals surface area contributed by atoms with Crippen molar-refractivity contribution in [2.24, 2.45) is 0 Å². The van der Waals surface area contributed by atoms with E-state index in [2.05, 4.69) is 21.9 Å². The number of nitrogens with one attached hydrogen (secondary N) is 1. The number of thiophene rings is 1. The molecule has 0 aromatic carbocycles. The lowest BCUT2D eigenvalue weighted by Gasteiger charge is -2.02. The van der Waals surface area contributed by atoms with E-state index in [0.717, 1.165) is 15.8 Å². The first kappa shape index (κ1) is 11.5. The van der Waals surface area contributed by atoms with Gasteiger partial charge in [-0.1, -0.05) is 12.2 Å². The molecule has 0 bridgehead atoms. The Bertz CT molecular complexity index is 590. The molecule has 0 aliphatic rings. The minimum atomic E-state index is -0.200. The molecule has 0 atom stereocenters. The van der Waals surface area contributed by atoms with Gasteiger partial charge in [0, 0.05) is 12.7 Å². The Kier molecular flexibility index (Phi) is 3.06. The number of anilines is 1. The monoisotopic (exact) mass is 248 g/mol. The molecule has 5 nitrogen and oxygen atoms in total. The van der Waals surface area contributed by atoms with Crippen LogP contribution in [0.1, 0.15) is 16.6 Å². The second-order valence-electron chi connectivity index (χ2n) is 3.73. The van der Waals surface area contributed by atoms with Crippen LogP contribution in [0.5, 0.6) is 0 Å². The summed E-state index contributed by atoms with van der Waals surface area (Å²) in [6.07, 6.45) is 3.05. The van der Waals surface area contributed by atoms with Gasteiger partial charge in [-0.15, -0.1) is 11.3 Å². The molecule has 2 rings (SSSR count). The van der Waals surface area contributed by atoms with Gasteiger partial charge in [0.1, 0.15) is 16.0 Å². The number of nitrogens with two attached hydrogens (primary N) is 1. The molecule has 2 aromatic rings. The minimum absolute atomic E-state index is 0.200. The maximum Gasteiger partial charge on any atom is 0.263 e. The zero-order valence-corrected chi connectivity index (χ0v) is 10.2. The number of hydrogen-bond donors (Lipinski definition) is 2. The number of carbonyl (C=O) groups is 1. The van der Waals surface area contributed by atoms with Crippen molar-refractivity contribution in [2.75, 3.05) is 12.3 Å². The maximum absolute atomic E-state index is 11.9. The first-order valence-corrected chi connectivity index (χ1v) is 5.82. The van der Waals surface area contributed by atoms with Crippen molar-refractivity contribution in [3.8, 4) is 0 Å². The molecule has 0 saturated carbocycles. The Hall–Kier alpha value is -1.95. The smallest absolute Gasteiger partial charge is 0.263 e. The molecule has 88 valence electrons. The number of nitrogens with zero attached hydrogens (tertiary/aromatic N) is 2. The highest BCUT2D eigenvalue weighted by molar-refractivity contribution is 7.21. The van der Waals surface area contributed by atoms with E-state index in [1.807, 2.05) is 6.92 Å². The fraction of sp³-hybridized carbons (Fsp3) is 0.182. The first-order chi connectivity index (χ1) is 8.09. The Morgan fingerprint density at radius 1 is 1.65 bits per heavy atom. The summed E-state index contributed by atoms with van der Waals surface area (Å²) >= 11 is 1.27. The average Bonchev–Trinajstić information content (AvgIpc) is 2.64. The summed E-state index contributed by atoms with van der Waals surface area (Å²) in [7, 11) is 0. The molecule has 0 radical (unpaired) electrons. The number of amides is 1. The van der Waals surface area contributed by atoms with Crippen LogP contribution in [0.2, 0.25) is 0 Å². The highest BCUT2D eigenvalue weighted by Gasteiger charge is 2.16. The normalized spacial score (nSPS) is 10.4. The number of carbonyl (C=O) groups excluding carboxylic acids is 1. The molecule has 2 aromatic heterocycles. The van der Waals surface area contributed by atoms with Crippen molar-refractivity contribution in [3.63, 3.8) is 0 Å². The lowest BCUT2D eigenvalue weighted by atomic mass is 10.3. The molecule has 6 heteroatoms. The standard InChI is InChI=1S/C11H12N4OS/c1-6(2)3-14-10(16)9-8(12)7-4-13-5-15-11(7)17-9/h4-5H,1,3,12H2,2H3,(H,14,16). The summed E-state index contributed by atoms with van der Waals surface area (Å²) in [4.78, 5) is 21.0. The third-order valence-corrected chi connectivity index (χ3v) is 3.29.